The van der Waals surface area contributed by atoms with Gasteiger partial charge in [0.25, 0.3) is 0 Å². The van der Waals surface area contributed by atoms with Crippen LogP contribution in [0, 0.1) is 11.3 Å². The molecule has 1 aromatic rings. The fourth-order valence-corrected chi connectivity index (χ4v) is 2.33. The van der Waals surface area contributed by atoms with Crippen LogP contribution in [0.4, 0.5) is 0 Å². The lowest BCUT2D eigenvalue weighted by atomic mass is 10.1. The van der Waals surface area contributed by atoms with Gasteiger partial charge in [0.05, 0.1) is 30.7 Å². The number of amides is 1. The van der Waals surface area contributed by atoms with Crippen molar-refractivity contribution in [3.8, 4) is 6.07 Å². The van der Waals surface area contributed by atoms with Crippen molar-refractivity contribution in [1.29, 1.82) is 5.26 Å². The first-order valence-corrected chi connectivity index (χ1v) is 6.14. The standard InChI is InChI=1S/C14H16N2O2/c15-9-12-5-3-11(4-6-12)8-14(18)16-7-1-2-13(16)10-17/h3-6,13,17H,1-2,7-8,10H2/t13-/m0/s1. The highest BCUT2D eigenvalue weighted by Gasteiger charge is 2.27. The molecule has 0 aliphatic carbocycles. The summed E-state index contributed by atoms with van der Waals surface area (Å²) in [7, 11) is 0. The molecule has 18 heavy (non-hydrogen) atoms. The second-order valence-corrected chi connectivity index (χ2v) is 4.55. The van der Waals surface area contributed by atoms with Crippen LogP contribution in [-0.2, 0) is 11.2 Å². The number of carbonyl (C=O) groups excluding carboxylic acids is 1. The molecule has 94 valence electrons. The lowest BCUT2D eigenvalue weighted by Gasteiger charge is -2.23. The number of carbonyl (C=O) groups is 1. The van der Waals surface area contributed by atoms with Gasteiger partial charge >= 0.3 is 0 Å². The number of hydrogen-bond donors (Lipinski definition) is 1. The van der Waals surface area contributed by atoms with Gasteiger partial charge in [0.1, 0.15) is 0 Å². The van der Waals surface area contributed by atoms with E-state index in [2.05, 4.69) is 6.07 Å². The first-order valence-electron chi connectivity index (χ1n) is 6.14. The number of nitriles is 1. The largest absolute Gasteiger partial charge is 0.394 e. The molecule has 1 aliphatic heterocycles. The normalized spacial score (nSPS) is 18.7. The van der Waals surface area contributed by atoms with Gasteiger partial charge in [-0.05, 0) is 30.5 Å². The SMILES string of the molecule is N#Cc1ccc(CC(=O)N2CCC[C@H]2CO)cc1. The van der Waals surface area contributed by atoms with E-state index in [0.29, 0.717) is 12.0 Å². The molecule has 1 saturated heterocycles. The molecule has 0 radical (unpaired) electrons. The van der Waals surface area contributed by atoms with Crippen LogP contribution >= 0.6 is 0 Å². The predicted octanol–water partition coefficient (Wildman–Crippen LogP) is 1.08. The zero-order valence-corrected chi connectivity index (χ0v) is 10.2. The van der Waals surface area contributed by atoms with E-state index in [9.17, 15) is 9.90 Å². The summed E-state index contributed by atoms with van der Waals surface area (Å²) in [5, 5.41) is 17.9. The Morgan fingerprint density at radius 1 is 1.44 bits per heavy atom. The van der Waals surface area contributed by atoms with E-state index in [-0.39, 0.29) is 18.6 Å². The summed E-state index contributed by atoms with van der Waals surface area (Å²) in [6.07, 6.45) is 2.18. The van der Waals surface area contributed by atoms with E-state index in [1.54, 1.807) is 29.2 Å². The average Bonchev–Trinajstić information content (AvgIpc) is 2.88. The minimum absolute atomic E-state index is 0.0177. The third-order valence-electron chi connectivity index (χ3n) is 3.35. The minimum Gasteiger partial charge on any atom is -0.394 e. The van der Waals surface area contributed by atoms with Crippen LogP contribution in [0.2, 0.25) is 0 Å². The Morgan fingerprint density at radius 3 is 2.78 bits per heavy atom. The first kappa shape index (κ1) is 12.6. The molecular weight excluding hydrogens is 228 g/mol. The van der Waals surface area contributed by atoms with Crippen molar-refractivity contribution in [3.05, 3.63) is 35.4 Å². The van der Waals surface area contributed by atoms with E-state index in [4.69, 9.17) is 5.26 Å². The van der Waals surface area contributed by atoms with Crippen molar-refractivity contribution >= 4 is 5.91 Å². The fourth-order valence-electron chi connectivity index (χ4n) is 2.33. The topological polar surface area (TPSA) is 64.3 Å². The Kier molecular flexibility index (Phi) is 3.96. The lowest BCUT2D eigenvalue weighted by Crippen LogP contribution is -2.38. The van der Waals surface area contributed by atoms with Gasteiger partial charge in [-0.1, -0.05) is 12.1 Å². The van der Waals surface area contributed by atoms with Gasteiger partial charge < -0.3 is 10.0 Å². The number of nitrogens with zero attached hydrogens (tertiary/aromatic N) is 2. The van der Waals surface area contributed by atoms with Crippen molar-refractivity contribution in [2.24, 2.45) is 0 Å². The molecule has 1 aromatic carbocycles. The van der Waals surface area contributed by atoms with Crippen molar-refractivity contribution in [1.82, 2.24) is 4.90 Å². The van der Waals surface area contributed by atoms with E-state index in [1.165, 1.54) is 0 Å². The maximum absolute atomic E-state index is 12.1. The molecule has 0 spiro atoms. The van der Waals surface area contributed by atoms with Gasteiger partial charge in [-0.3, -0.25) is 4.79 Å². The van der Waals surface area contributed by atoms with Crippen LogP contribution in [0.1, 0.15) is 24.0 Å². The summed E-state index contributed by atoms with van der Waals surface area (Å²) in [6.45, 7) is 0.777. The zero-order chi connectivity index (χ0) is 13.0. The molecule has 2 rings (SSSR count). The Labute approximate surface area is 106 Å². The highest BCUT2D eigenvalue weighted by atomic mass is 16.3. The van der Waals surface area contributed by atoms with E-state index >= 15 is 0 Å². The third-order valence-corrected chi connectivity index (χ3v) is 3.35. The minimum atomic E-state index is -0.0177. The summed E-state index contributed by atoms with van der Waals surface area (Å²) < 4.78 is 0. The van der Waals surface area contributed by atoms with Crippen molar-refractivity contribution < 1.29 is 9.90 Å². The number of likely N-dealkylation sites (tertiary alicyclic amines) is 1. The molecule has 1 aliphatic rings. The van der Waals surface area contributed by atoms with Gasteiger partial charge in [0.2, 0.25) is 5.91 Å². The fraction of sp³-hybridized carbons (Fsp3) is 0.429. The average molecular weight is 244 g/mol. The zero-order valence-electron chi connectivity index (χ0n) is 10.2. The molecule has 1 amide bonds. The molecular formula is C14H16N2O2. The number of benzene rings is 1. The highest BCUT2D eigenvalue weighted by molar-refractivity contribution is 5.79. The van der Waals surface area contributed by atoms with Crippen molar-refractivity contribution in [2.75, 3.05) is 13.2 Å². The van der Waals surface area contributed by atoms with E-state index in [0.717, 1.165) is 24.9 Å². The molecule has 0 unspecified atom stereocenters. The summed E-state index contributed by atoms with van der Waals surface area (Å²) >= 11 is 0. The Balaban J connectivity index is 2.00. The lowest BCUT2D eigenvalue weighted by molar-refractivity contribution is -0.131. The molecule has 4 heteroatoms. The van der Waals surface area contributed by atoms with Gasteiger partial charge in [0, 0.05) is 6.54 Å². The maximum Gasteiger partial charge on any atom is 0.227 e. The number of aliphatic hydroxyl groups excluding tert-OH is 1. The quantitative estimate of drug-likeness (QED) is 0.865. The van der Waals surface area contributed by atoms with Crippen LogP contribution in [0.25, 0.3) is 0 Å². The predicted molar refractivity (Wildman–Crippen MR) is 66.7 cm³/mol. The van der Waals surface area contributed by atoms with Crippen LogP contribution < -0.4 is 0 Å². The smallest absolute Gasteiger partial charge is 0.227 e. The van der Waals surface area contributed by atoms with E-state index in [1.807, 2.05) is 0 Å². The molecule has 1 N–H and O–H groups in total. The van der Waals surface area contributed by atoms with Gasteiger partial charge in [-0.25, -0.2) is 0 Å². The third kappa shape index (κ3) is 2.69. The summed E-state index contributed by atoms with van der Waals surface area (Å²) in [5.41, 5.74) is 1.50. The Bertz CT molecular complexity index is 462. The van der Waals surface area contributed by atoms with Gasteiger partial charge in [-0.2, -0.15) is 5.26 Å². The molecule has 4 nitrogen and oxygen atoms in total. The van der Waals surface area contributed by atoms with Gasteiger partial charge in [-0.15, -0.1) is 0 Å². The molecule has 1 fully saturated rings. The molecule has 0 saturated carbocycles. The summed E-state index contributed by atoms with van der Waals surface area (Å²) in [6, 6.07) is 9.08. The van der Waals surface area contributed by atoms with Crippen molar-refractivity contribution in [2.45, 2.75) is 25.3 Å². The highest BCUT2D eigenvalue weighted by Crippen LogP contribution is 2.18. The first-order chi connectivity index (χ1) is 8.74. The summed E-state index contributed by atoms with van der Waals surface area (Å²) in [4.78, 5) is 13.9. The maximum atomic E-state index is 12.1. The molecule has 0 bridgehead atoms. The molecule has 1 atom stereocenters. The Hall–Kier alpha value is -1.86. The number of rotatable bonds is 3. The van der Waals surface area contributed by atoms with Crippen LogP contribution in [-0.4, -0.2) is 35.1 Å². The van der Waals surface area contributed by atoms with Crippen LogP contribution in [0.15, 0.2) is 24.3 Å². The number of hydrogen-bond acceptors (Lipinski definition) is 3. The van der Waals surface area contributed by atoms with Crippen molar-refractivity contribution in [3.63, 3.8) is 0 Å². The molecule has 1 heterocycles. The monoisotopic (exact) mass is 244 g/mol. The second kappa shape index (κ2) is 5.65. The summed E-state index contributed by atoms with van der Waals surface area (Å²) in [5.74, 6) is 0.0521. The van der Waals surface area contributed by atoms with E-state index < -0.39 is 0 Å². The molecule has 0 aromatic heterocycles. The van der Waals surface area contributed by atoms with Gasteiger partial charge in [0.15, 0.2) is 0 Å². The van der Waals surface area contributed by atoms with Crippen LogP contribution in [0.5, 0.6) is 0 Å². The van der Waals surface area contributed by atoms with Crippen LogP contribution in [0.3, 0.4) is 0 Å². The number of aliphatic hydroxyl groups is 1. The Morgan fingerprint density at radius 2 is 2.17 bits per heavy atom. The second-order valence-electron chi connectivity index (χ2n) is 4.55.